The van der Waals surface area contributed by atoms with Crippen LogP contribution >= 0.6 is 0 Å². The number of carbonyl (C=O) groups is 1. The minimum absolute atomic E-state index is 0.0765. The third-order valence-electron chi connectivity index (χ3n) is 6.16. The fraction of sp³-hybridized carbons (Fsp3) is 0.240. The fourth-order valence-corrected chi connectivity index (χ4v) is 4.51. The molecule has 2 aliphatic rings. The van der Waals surface area contributed by atoms with Gasteiger partial charge in [0.15, 0.2) is 11.5 Å². The first-order chi connectivity index (χ1) is 15.9. The van der Waals surface area contributed by atoms with Crippen LogP contribution in [0.25, 0.3) is 0 Å². The van der Waals surface area contributed by atoms with E-state index in [-0.39, 0.29) is 35.8 Å². The van der Waals surface area contributed by atoms with E-state index in [2.05, 4.69) is 0 Å². The second kappa shape index (κ2) is 7.90. The molecular weight excluding hydrogens is 428 g/mol. The lowest BCUT2D eigenvalue weighted by molar-refractivity contribution is -0.135. The molecule has 1 unspecified atom stereocenters. The monoisotopic (exact) mass is 450 g/mol. The molecule has 8 nitrogen and oxygen atoms in total. The molecule has 3 atom stereocenters. The number of aliphatic hydroxyl groups excluding tert-OH is 1. The Kier molecular flexibility index (Phi) is 5.02. The van der Waals surface area contributed by atoms with E-state index in [0.29, 0.717) is 28.2 Å². The molecule has 0 saturated carbocycles. The Hall–Kier alpha value is -3.91. The SMILES string of the molecule is COc1ccc(C2CC(=O)Oc3cc(O)c4c(c32)O[C@H](c2ccc(O)c(O)c2)[C@H](O)C4)cc1. The van der Waals surface area contributed by atoms with Crippen molar-refractivity contribution in [3.05, 3.63) is 70.8 Å². The fourth-order valence-electron chi connectivity index (χ4n) is 4.51. The molecule has 0 aromatic heterocycles. The lowest BCUT2D eigenvalue weighted by atomic mass is 9.82. The van der Waals surface area contributed by atoms with E-state index in [9.17, 15) is 25.2 Å². The number of methoxy groups -OCH3 is 1. The van der Waals surface area contributed by atoms with Crippen LogP contribution in [0.2, 0.25) is 0 Å². The quantitative estimate of drug-likeness (QED) is 0.272. The molecule has 33 heavy (non-hydrogen) atoms. The number of rotatable bonds is 3. The van der Waals surface area contributed by atoms with E-state index >= 15 is 0 Å². The van der Waals surface area contributed by atoms with E-state index in [4.69, 9.17) is 14.2 Å². The van der Waals surface area contributed by atoms with E-state index < -0.39 is 24.1 Å². The van der Waals surface area contributed by atoms with Crippen molar-refractivity contribution < 1.29 is 39.4 Å². The van der Waals surface area contributed by atoms with Crippen LogP contribution in [0.1, 0.15) is 40.7 Å². The van der Waals surface area contributed by atoms with Gasteiger partial charge in [-0.3, -0.25) is 4.79 Å². The molecule has 170 valence electrons. The Morgan fingerprint density at radius 2 is 1.64 bits per heavy atom. The Morgan fingerprint density at radius 3 is 2.33 bits per heavy atom. The first-order valence-corrected chi connectivity index (χ1v) is 10.5. The molecule has 0 amide bonds. The average Bonchev–Trinajstić information content (AvgIpc) is 2.80. The molecule has 0 spiro atoms. The van der Waals surface area contributed by atoms with Gasteiger partial charge in [0.2, 0.25) is 0 Å². The van der Waals surface area contributed by atoms with Crippen LogP contribution in [0.5, 0.6) is 34.5 Å². The van der Waals surface area contributed by atoms with Crippen LogP contribution in [0, 0.1) is 0 Å². The maximum absolute atomic E-state index is 12.4. The van der Waals surface area contributed by atoms with Crippen molar-refractivity contribution in [3.8, 4) is 34.5 Å². The van der Waals surface area contributed by atoms with Crippen molar-refractivity contribution in [2.75, 3.05) is 7.11 Å². The zero-order valence-corrected chi connectivity index (χ0v) is 17.7. The van der Waals surface area contributed by atoms with Crippen molar-refractivity contribution in [1.29, 1.82) is 0 Å². The van der Waals surface area contributed by atoms with Crippen molar-refractivity contribution >= 4 is 5.97 Å². The molecule has 3 aromatic carbocycles. The highest BCUT2D eigenvalue weighted by Gasteiger charge is 2.40. The molecule has 0 fully saturated rings. The van der Waals surface area contributed by atoms with Gasteiger partial charge in [0.1, 0.15) is 29.1 Å². The molecule has 0 radical (unpaired) electrons. The smallest absolute Gasteiger partial charge is 0.312 e. The summed E-state index contributed by atoms with van der Waals surface area (Å²) in [5.41, 5.74) is 2.31. The lowest BCUT2D eigenvalue weighted by Crippen LogP contribution is -2.32. The second-order valence-corrected chi connectivity index (χ2v) is 8.18. The number of ether oxygens (including phenoxy) is 3. The van der Waals surface area contributed by atoms with E-state index in [0.717, 1.165) is 5.56 Å². The Labute approximate surface area is 189 Å². The predicted octanol–water partition coefficient (Wildman–Crippen LogP) is 3.29. The Bertz CT molecular complexity index is 1230. The summed E-state index contributed by atoms with van der Waals surface area (Å²) in [4.78, 5) is 12.4. The van der Waals surface area contributed by atoms with Crippen molar-refractivity contribution in [1.82, 2.24) is 0 Å². The van der Waals surface area contributed by atoms with Gasteiger partial charge in [-0.15, -0.1) is 0 Å². The summed E-state index contributed by atoms with van der Waals surface area (Å²) in [6.07, 6.45) is -1.73. The van der Waals surface area contributed by atoms with Crippen molar-refractivity contribution in [3.63, 3.8) is 0 Å². The predicted molar refractivity (Wildman–Crippen MR) is 116 cm³/mol. The Morgan fingerprint density at radius 1 is 0.909 bits per heavy atom. The summed E-state index contributed by atoms with van der Waals surface area (Å²) in [6, 6.07) is 12.9. The van der Waals surface area contributed by atoms with Gasteiger partial charge in [0.25, 0.3) is 0 Å². The number of hydrogen-bond donors (Lipinski definition) is 4. The van der Waals surface area contributed by atoms with Gasteiger partial charge in [-0.1, -0.05) is 18.2 Å². The number of phenolic OH excluding ortho intramolecular Hbond substituents is 3. The van der Waals surface area contributed by atoms with Gasteiger partial charge >= 0.3 is 5.97 Å². The summed E-state index contributed by atoms with van der Waals surface area (Å²) in [6.45, 7) is 0. The topological polar surface area (TPSA) is 126 Å². The molecule has 2 aliphatic heterocycles. The number of carbonyl (C=O) groups excluding carboxylic acids is 1. The third-order valence-corrected chi connectivity index (χ3v) is 6.16. The maximum atomic E-state index is 12.4. The average molecular weight is 450 g/mol. The number of hydrogen-bond acceptors (Lipinski definition) is 8. The first kappa shape index (κ1) is 21.0. The van der Waals surface area contributed by atoms with Crippen LogP contribution < -0.4 is 14.2 Å². The van der Waals surface area contributed by atoms with Gasteiger partial charge in [0, 0.05) is 29.5 Å². The van der Waals surface area contributed by atoms with Gasteiger partial charge in [0.05, 0.1) is 19.6 Å². The largest absolute Gasteiger partial charge is 0.507 e. The molecule has 2 heterocycles. The highest BCUT2D eigenvalue weighted by molar-refractivity contribution is 5.80. The van der Waals surface area contributed by atoms with E-state index in [1.807, 2.05) is 12.1 Å². The molecule has 5 rings (SSSR count). The first-order valence-electron chi connectivity index (χ1n) is 10.5. The van der Waals surface area contributed by atoms with Gasteiger partial charge in [-0.2, -0.15) is 0 Å². The highest BCUT2D eigenvalue weighted by Crippen LogP contribution is 2.52. The molecule has 0 aliphatic carbocycles. The van der Waals surface area contributed by atoms with Gasteiger partial charge in [-0.05, 0) is 35.4 Å². The Balaban J connectivity index is 1.63. The molecule has 3 aromatic rings. The molecule has 0 saturated heterocycles. The number of aliphatic hydroxyl groups is 1. The van der Waals surface area contributed by atoms with Crippen molar-refractivity contribution in [2.45, 2.75) is 31.0 Å². The highest BCUT2D eigenvalue weighted by atomic mass is 16.5. The molecule has 4 N–H and O–H groups in total. The molecule has 0 bridgehead atoms. The summed E-state index contributed by atoms with van der Waals surface area (Å²) in [5, 5.41) is 40.9. The van der Waals surface area contributed by atoms with Crippen LogP contribution in [-0.2, 0) is 11.2 Å². The minimum atomic E-state index is -1.02. The zero-order chi connectivity index (χ0) is 23.3. The summed E-state index contributed by atoms with van der Waals surface area (Å²) >= 11 is 0. The summed E-state index contributed by atoms with van der Waals surface area (Å²) in [7, 11) is 1.57. The maximum Gasteiger partial charge on any atom is 0.312 e. The zero-order valence-electron chi connectivity index (χ0n) is 17.7. The summed E-state index contributed by atoms with van der Waals surface area (Å²) < 4.78 is 16.9. The van der Waals surface area contributed by atoms with Crippen LogP contribution in [0.4, 0.5) is 0 Å². The number of phenols is 3. The molecule has 8 heteroatoms. The van der Waals surface area contributed by atoms with Crippen LogP contribution in [0.15, 0.2) is 48.5 Å². The number of aromatic hydroxyl groups is 3. The van der Waals surface area contributed by atoms with Crippen molar-refractivity contribution in [2.24, 2.45) is 0 Å². The number of benzene rings is 3. The van der Waals surface area contributed by atoms with E-state index in [1.54, 1.807) is 25.3 Å². The van der Waals surface area contributed by atoms with Crippen LogP contribution in [0.3, 0.4) is 0 Å². The standard InChI is InChI=1S/C25H22O8/c1-31-14-5-2-12(3-6-14)15-10-22(30)32-21-11-18(27)16-9-20(29)24(33-25(16)23(15)21)13-4-7-17(26)19(28)8-13/h2-8,11,15,20,24,26-29H,9-10H2,1H3/t15?,20-,24-/m1/s1. The lowest BCUT2D eigenvalue weighted by Gasteiger charge is -2.36. The van der Waals surface area contributed by atoms with E-state index in [1.165, 1.54) is 18.2 Å². The minimum Gasteiger partial charge on any atom is -0.507 e. The number of esters is 1. The second-order valence-electron chi connectivity index (χ2n) is 8.18. The van der Waals surface area contributed by atoms with Gasteiger partial charge in [-0.25, -0.2) is 0 Å². The van der Waals surface area contributed by atoms with Gasteiger partial charge < -0.3 is 34.6 Å². The third kappa shape index (κ3) is 3.58. The normalized spacial score (nSPS) is 21.4. The molecular formula is C25H22O8. The summed E-state index contributed by atoms with van der Waals surface area (Å²) in [5.74, 6) is -0.380. The van der Waals surface area contributed by atoms with Crippen LogP contribution in [-0.4, -0.2) is 39.6 Å². The number of fused-ring (bicyclic) bond motifs is 3.